The Hall–Kier alpha value is -1.56. The lowest BCUT2D eigenvalue weighted by Crippen LogP contribution is -2.45. The third-order valence-electron chi connectivity index (χ3n) is 5.77. The highest BCUT2D eigenvalue weighted by Crippen LogP contribution is 2.32. The first kappa shape index (κ1) is 17.8. The van der Waals surface area contributed by atoms with Gasteiger partial charge in [0.15, 0.2) is 0 Å². The molecule has 0 aliphatic carbocycles. The Morgan fingerprint density at radius 2 is 2.19 bits per heavy atom. The predicted octanol–water partition coefficient (Wildman–Crippen LogP) is 2.62. The van der Waals surface area contributed by atoms with Crippen molar-refractivity contribution >= 4 is 28.4 Å². The van der Waals surface area contributed by atoms with Crippen molar-refractivity contribution in [2.75, 3.05) is 26.7 Å². The summed E-state index contributed by atoms with van der Waals surface area (Å²) in [5, 5.41) is 2.00. The molecule has 1 aromatic carbocycles. The van der Waals surface area contributed by atoms with Crippen molar-refractivity contribution in [3.63, 3.8) is 0 Å². The van der Waals surface area contributed by atoms with E-state index in [1.165, 1.54) is 22.2 Å². The Morgan fingerprint density at radius 1 is 1.35 bits per heavy atom. The van der Waals surface area contributed by atoms with E-state index in [1.807, 2.05) is 11.0 Å². The highest BCUT2D eigenvalue weighted by molar-refractivity contribution is 6.31. The van der Waals surface area contributed by atoms with Gasteiger partial charge >= 0.3 is 0 Å². The van der Waals surface area contributed by atoms with E-state index in [4.69, 9.17) is 17.3 Å². The Balaban J connectivity index is 1.59. The summed E-state index contributed by atoms with van der Waals surface area (Å²) in [6.07, 6.45) is 3.58. The molecule has 0 radical (unpaired) electrons. The van der Waals surface area contributed by atoms with E-state index < -0.39 is 0 Å². The molecular formula is C20H27ClN4O. The fraction of sp³-hybridized carbons (Fsp3) is 0.550. The average molecular weight is 375 g/mol. The molecule has 2 aliphatic heterocycles. The second-order valence-electron chi connectivity index (χ2n) is 7.72. The molecule has 2 aliphatic rings. The van der Waals surface area contributed by atoms with Crippen LogP contribution in [-0.4, -0.2) is 53.0 Å². The minimum Gasteiger partial charge on any atom is -0.344 e. The monoisotopic (exact) mass is 374 g/mol. The van der Waals surface area contributed by atoms with E-state index in [-0.39, 0.29) is 11.9 Å². The van der Waals surface area contributed by atoms with Crippen LogP contribution >= 0.6 is 11.6 Å². The molecule has 1 aromatic heterocycles. The number of piperidine rings is 1. The lowest BCUT2D eigenvalue weighted by atomic mass is 10.1. The number of carbonyl (C=O) groups is 1. The van der Waals surface area contributed by atoms with Crippen LogP contribution < -0.4 is 5.73 Å². The molecule has 2 N–H and O–H groups in total. The normalized spacial score (nSPS) is 21.2. The zero-order valence-electron chi connectivity index (χ0n) is 15.4. The molecule has 4 rings (SSSR count). The van der Waals surface area contributed by atoms with Gasteiger partial charge in [-0.3, -0.25) is 4.79 Å². The number of carbonyl (C=O) groups excluding carboxylic acids is 1. The van der Waals surface area contributed by atoms with Gasteiger partial charge in [0.05, 0.1) is 0 Å². The van der Waals surface area contributed by atoms with Gasteiger partial charge in [0, 0.05) is 73.2 Å². The first-order chi connectivity index (χ1) is 12.5. The van der Waals surface area contributed by atoms with Crippen molar-refractivity contribution < 1.29 is 4.79 Å². The van der Waals surface area contributed by atoms with Gasteiger partial charge in [-0.15, -0.1) is 0 Å². The highest BCUT2D eigenvalue weighted by atomic mass is 35.5. The highest BCUT2D eigenvalue weighted by Gasteiger charge is 2.24. The number of rotatable bonds is 3. The van der Waals surface area contributed by atoms with Crippen molar-refractivity contribution in [2.45, 2.75) is 44.8 Å². The number of hydrogen-bond acceptors (Lipinski definition) is 3. The molecular weight excluding hydrogens is 348 g/mol. The van der Waals surface area contributed by atoms with E-state index in [0.717, 1.165) is 50.5 Å². The Labute approximate surface area is 159 Å². The molecule has 0 bridgehead atoms. The van der Waals surface area contributed by atoms with Crippen molar-refractivity contribution in [2.24, 2.45) is 5.73 Å². The second kappa shape index (κ2) is 7.22. The minimum atomic E-state index is 0.130. The van der Waals surface area contributed by atoms with E-state index in [2.05, 4.69) is 28.6 Å². The lowest BCUT2D eigenvalue weighted by molar-refractivity contribution is -0.132. The molecule has 1 fully saturated rings. The maximum absolute atomic E-state index is 12.7. The Morgan fingerprint density at radius 3 is 3.00 bits per heavy atom. The van der Waals surface area contributed by atoms with Crippen molar-refractivity contribution in [1.29, 1.82) is 0 Å². The summed E-state index contributed by atoms with van der Waals surface area (Å²) in [5.41, 5.74) is 9.95. The lowest BCUT2D eigenvalue weighted by Gasteiger charge is -2.31. The van der Waals surface area contributed by atoms with Crippen molar-refractivity contribution in [3.8, 4) is 0 Å². The van der Waals surface area contributed by atoms with Gasteiger partial charge in [0.1, 0.15) is 0 Å². The van der Waals surface area contributed by atoms with Crippen LogP contribution in [0.3, 0.4) is 0 Å². The second-order valence-corrected chi connectivity index (χ2v) is 8.15. The fourth-order valence-electron chi connectivity index (χ4n) is 4.41. The van der Waals surface area contributed by atoms with Gasteiger partial charge in [0.2, 0.25) is 5.91 Å². The summed E-state index contributed by atoms with van der Waals surface area (Å²) in [6.45, 7) is 4.25. The van der Waals surface area contributed by atoms with Crippen LogP contribution in [0.4, 0.5) is 0 Å². The molecule has 140 valence electrons. The fourth-order valence-corrected chi connectivity index (χ4v) is 4.59. The number of aryl methyl sites for hydroxylation is 1. The first-order valence-electron chi connectivity index (χ1n) is 9.54. The number of likely N-dealkylation sites (N-methyl/N-ethyl adjacent to an activating group) is 1. The topological polar surface area (TPSA) is 54.5 Å². The molecule has 1 unspecified atom stereocenters. The summed E-state index contributed by atoms with van der Waals surface area (Å²) in [7, 11) is 2.15. The molecule has 3 heterocycles. The smallest absolute Gasteiger partial charge is 0.224 e. The summed E-state index contributed by atoms with van der Waals surface area (Å²) >= 11 is 6.25. The summed E-state index contributed by atoms with van der Waals surface area (Å²) in [6, 6.07) is 6.24. The summed E-state index contributed by atoms with van der Waals surface area (Å²) < 4.78 is 2.34. The largest absolute Gasteiger partial charge is 0.344 e. The maximum Gasteiger partial charge on any atom is 0.224 e. The molecule has 1 saturated heterocycles. The number of halogens is 1. The van der Waals surface area contributed by atoms with Crippen LogP contribution in [0, 0.1) is 0 Å². The number of fused-ring (bicyclic) bond motifs is 3. The van der Waals surface area contributed by atoms with Gasteiger partial charge < -0.3 is 20.1 Å². The van der Waals surface area contributed by atoms with Crippen molar-refractivity contribution in [3.05, 3.63) is 34.5 Å². The van der Waals surface area contributed by atoms with Gasteiger partial charge in [-0.05, 0) is 43.7 Å². The molecule has 0 saturated carbocycles. The van der Waals surface area contributed by atoms with Gasteiger partial charge in [0.25, 0.3) is 0 Å². The summed E-state index contributed by atoms with van der Waals surface area (Å²) in [5.74, 6) is 0.220. The van der Waals surface area contributed by atoms with E-state index in [0.29, 0.717) is 13.0 Å². The zero-order chi connectivity index (χ0) is 18.3. The Kier molecular flexibility index (Phi) is 4.95. The van der Waals surface area contributed by atoms with E-state index in [1.54, 1.807) is 0 Å². The van der Waals surface area contributed by atoms with E-state index in [9.17, 15) is 4.79 Å². The number of hydrogen-bond donors (Lipinski definition) is 1. The van der Waals surface area contributed by atoms with Crippen LogP contribution in [0.1, 0.15) is 30.5 Å². The van der Waals surface area contributed by atoms with Gasteiger partial charge in [-0.1, -0.05) is 11.6 Å². The van der Waals surface area contributed by atoms with Gasteiger partial charge in [-0.2, -0.15) is 0 Å². The number of likely N-dealkylation sites (tertiary alicyclic amines) is 1. The number of nitrogens with zero attached hydrogens (tertiary/aromatic N) is 3. The standard InChI is InChI=1S/C20H27ClN4O/c1-23-9-6-19-17(13-23)16-11-14(21)4-5-18(16)25(19)10-7-20(26)24-8-2-3-15(22)12-24/h4-5,11,15H,2-3,6-10,12-13,22H2,1H3. The molecule has 2 aromatic rings. The maximum atomic E-state index is 12.7. The van der Waals surface area contributed by atoms with Crippen LogP contribution in [0.15, 0.2) is 18.2 Å². The molecule has 6 heteroatoms. The molecule has 1 amide bonds. The number of amides is 1. The molecule has 5 nitrogen and oxygen atoms in total. The average Bonchev–Trinajstić information content (AvgIpc) is 2.92. The minimum absolute atomic E-state index is 0.130. The van der Waals surface area contributed by atoms with E-state index >= 15 is 0 Å². The third-order valence-corrected chi connectivity index (χ3v) is 6.00. The Bertz CT molecular complexity index is 831. The number of aromatic nitrogens is 1. The van der Waals surface area contributed by atoms with Crippen molar-refractivity contribution in [1.82, 2.24) is 14.4 Å². The van der Waals surface area contributed by atoms with Crippen LogP contribution in [0.5, 0.6) is 0 Å². The summed E-state index contributed by atoms with van der Waals surface area (Å²) in [4.78, 5) is 17.0. The molecule has 26 heavy (non-hydrogen) atoms. The number of nitrogens with two attached hydrogens (primary N) is 1. The SMILES string of the molecule is CN1CCc2c(c3cc(Cl)ccc3n2CCC(=O)N2CCCC(N)C2)C1. The molecule has 0 spiro atoms. The van der Waals surface area contributed by atoms with Crippen LogP contribution in [0.25, 0.3) is 10.9 Å². The quantitative estimate of drug-likeness (QED) is 0.898. The van der Waals surface area contributed by atoms with Crippen LogP contribution in [0.2, 0.25) is 5.02 Å². The zero-order valence-corrected chi connectivity index (χ0v) is 16.1. The third kappa shape index (κ3) is 3.36. The first-order valence-corrected chi connectivity index (χ1v) is 9.92. The van der Waals surface area contributed by atoms with Gasteiger partial charge in [-0.25, -0.2) is 0 Å². The number of benzene rings is 1. The van der Waals surface area contributed by atoms with Crippen LogP contribution in [-0.2, 0) is 24.3 Å². The molecule has 1 atom stereocenters. The predicted molar refractivity (Wildman–Crippen MR) is 105 cm³/mol.